The summed E-state index contributed by atoms with van der Waals surface area (Å²) in [6, 6.07) is 11.8. The van der Waals surface area contributed by atoms with Crippen LogP contribution in [0, 0.1) is 12.7 Å². The number of carbonyl (C=O) groups excluding carboxylic acids is 1. The Hall–Kier alpha value is -2.21. The lowest BCUT2D eigenvalue weighted by molar-refractivity contribution is -0.123. The molecule has 0 saturated carbocycles. The maximum Gasteiger partial charge on any atom is 0.277 e. The van der Waals surface area contributed by atoms with Gasteiger partial charge in [0.25, 0.3) is 5.91 Å². The van der Waals surface area contributed by atoms with E-state index >= 15 is 0 Å². The molecule has 0 heterocycles. The zero-order chi connectivity index (χ0) is 15.9. The number of halogens is 2. The average Bonchev–Trinajstić information content (AvgIpc) is 2.49. The fraction of sp³-hybridized carbons (Fsp3) is 0.125. The Balaban J connectivity index is 1.82. The molecule has 2 rings (SSSR count). The van der Waals surface area contributed by atoms with E-state index in [2.05, 4.69) is 26.5 Å². The van der Waals surface area contributed by atoms with Crippen molar-refractivity contribution in [3.8, 4) is 5.75 Å². The van der Waals surface area contributed by atoms with Gasteiger partial charge in [-0.25, -0.2) is 9.82 Å². The maximum absolute atomic E-state index is 13.1. The van der Waals surface area contributed by atoms with E-state index in [0.717, 1.165) is 5.56 Å². The van der Waals surface area contributed by atoms with Crippen molar-refractivity contribution in [2.45, 2.75) is 6.92 Å². The van der Waals surface area contributed by atoms with Crippen LogP contribution in [0.3, 0.4) is 0 Å². The highest BCUT2D eigenvalue weighted by Crippen LogP contribution is 2.15. The van der Waals surface area contributed by atoms with Crippen molar-refractivity contribution in [3.05, 3.63) is 63.9 Å². The monoisotopic (exact) mass is 364 g/mol. The highest BCUT2D eigenvalue weighted by Gasteiger charge is 2.02. The van der Waals surface area contributed by atoms with Gasteiger partial charge in [0.05, 0.1) is 10.7 Å². The Morgan fingerprint density at radius 3 is 2.91 bits per heavy atom. The number of nitrogens with one attached hydrogen (secondary N) is 1. The molecule has 1 amide bonds. The molecule has 6 heteroatoms. The molecule has 114 valence electrons. The zero-order valence-electron chi connectivity index (χ0n) is 11.8. The molecule has 0 spiro atoms. The van der Waals surface area contributed by atoms with E-state index < -0.39 is 0 Å². The van der Waals surface area contributed by atoms with Gasteiger partial charge in [-0.05, 0) is 58.2 Å². The smallest absolute Gasteiger partial charge is 0.277 e. The molecule has 4 nitrogen and oxygen atoms in total. The number of rotatable bonds is 5. The van der Waals surface area contributed by atoms with Crippen LogP contribution in [0.5, 0.6) is 5.75 Å². The molecule has 0 radical (unpaired) electrons. The van der Waals surface area contributed by atoms with E-state index in [4.69, 9.17) is 4.74 Å². The standard InChI is InChI=1S/C16H14BrFN2O2/c1-11-3-2-4-13(7-11)22-10-16(21)20-19-9-12-5-6-15(18)14(17)8-12/h2-9H,10H2,1H3,(H,20,21)/b19-9+. The van der Waals surface area contributed by atoms with E-state index in [0.29, 0.717) is 15.8 Å². The van der Waals surface area contributed by atoms with Crippen molar-refractivity contribution in [3.63, 3.8) is 0 Å². The third-order valence-electron chi connectivity index (χ3n) is 2.71. The summed E-state index contributed by atoms with van der Waals surface area (Å²) in [7, 11) is 0. The second-order valence-electron chi connectivity index (χ2n) is 4.57. The number of benzene rings is 2. The summed E-state index contributed by atoms with van der Waals surface area (Å²) in [5.41, 5.74) is 4.06. The number of carbonyl (C=O) groups is 1. The minimum Gasteiger partial charge on any atom is -0.484 e. The first-order valence-electron chi connectivity index (χ1n) is 6.51. The molecule has 0 atom stereocenters. The van der Waals surface area contributed by atoms with Crippen LogP contribution in [0.2, 0.25) is 0 Å². The van der Waals surface area contributed by atoms with Gasteiger partial charge < -0.3 is 4.74 Å². The molecule has 0 bridgehead atoms. The third kappa shape index (κ3) is 4.96. The number of hydrazone groups is 1. The van der Waals surface area contributed by atoms with Crippen LogP contribution in [0.4, 0.5) is 4.39 Å². The Morgan fingerprint density at radius 1 is 1.36 bits per heavy atom. The number of aryl methyl sites for hydroxylation is 1. The molecule has 1 N–H and O–H groups in total. The van der Waals surface area contributed by atoms with Crippen LogP contribution in [-0.2, 0) is 4.79 Å². The van der Waals surface area contributed by atoms with Crippen LogP contribution >= 0.6 is 15.9 Å². The van der Waals surface area contributed by atoms with Crippen LogP contribution in [0.25, 0.3) is 0 Å². The van der Waals surface area contributed by atoms with Gasteiger partial charge in [-0.1, -0.05) is 18.2 Å². The average molecular weight is 365 g/mol. The van der Waals surface area contributed by atoms with Crippen molar-refractivity contribution < 1.29 is 13.9 Å². The van der Waals surface area contributed by atoms with Gasteiger partial charge in [-0.15, -0.1) is 0 Å². The predicted octanol–water partition coefficient (Wildman–Crippen LogP) is 3.43. The van der Waals surface area contributed by atoms with Gasteiger partial charge in [0, 0.05) is 0 Å². The van der Waals surface area contributed by atoms with Crippen LogP contribution in [0.1, 0.15) is 11.1 Å². The summed E-state index contributed by atoms with van der Waals surface area (Å²) in [5, 5.41) is 3.79. The van der Waals surface area contributed by atoms with Crippen LogP contribution in [-0.4, -0.2) is 18.7 Å². The number of hydrogen-bond acceptors (Lipinski definition) is 3. The van der Waals surface area contributed by atoms with E-state index in [-0.39, 0.29) is 18.3 Å². The molecule has 22 heavy (non-hydrogen) atoms. The van der Waals surface area contributed by atoms with Gasteiger partial charge in [-0.2, -0.15) is 5.10 Å². The second-order valence-corrected chi connectivity index (χ2v) is 5.43. The van der Waals surface area contributed by atoms with Gasteiger partial charge in [0.1, 0.15) is 11.6 Å². The molecule has 2 aromatic rings. The number of hydrogen-bond donors (Lipinski definition) is 1. The van der Waals surface area contributed by atoms with Crippen molar-refractivity contribution in [1.82, 2.24) is 5.43 Å². The largest absolute Gasteiger partial charge is 0.484 e. The van der Waals surface area contributed by atoms with Gasteiger partial charge in [-0.3, -0.25) is 4.79 Å². The van der Waals surface area contributed by atoms with Crippen molar-refractivity contribution in [2.75, 3.05) is 6.61 Å². The number of amides is 1. The highest BCUT2D eigenvalue weighted by atomic mass is 79.9. The summed E-state index contributed by atoms with van der Waals surface area (Å²) in [6.45, 7) is 1.81. The summed E-state index contributed by atoms with van der Waals surface area (Å²) in [4.78, 5) is 11.6. The molecule has 0 saturated heterocycles. The summed E-state index contributed by atoms with van der Waals surface area (Å²) in [5.74, 6) is -0.103. The first-order chi connectivity index (χ1) is 10.5. The van der Waals surface area contributed by atoms with E-state index in [1.807, 2.05) is 25.1 Å². The van der Waals surface area contributed by atoms with E-state index in [1.54, 1.807) is 18.2 Å². The number of nitrogens with zero attached hydrogens (tertiary/aromatic N) is 1. The molecular formula is C16H14BrFN2O2. The van der Waals surface area contributed by atoms with Gasteiger partial charge >= 0.3 is 0 Å². The second kappa shape index (κ2) is 7.70. The van der Waals surface area contributed by atoms with Crippen LogP contribution in [0.15, 0.2) is 52.0 Å². The molecule has 0 aliphatic rings. The van der Waals surface area contributed by atoms with Gasteiger partial charge in [0.15, 0.2) is 6.61 Å². The minimum absolute atomic E-state index is 0.131. The first kappa shape index (κ1) is 16.2. The first-order valence-corrected chi connectivity index (χ1v) is 7.30. The molecule has 0 aliphatic carbocycles. The molecule has 0 unspecified atom stereocenters. The fourth-order valence-electron chi connectivity index (χ4n) is 1.66. The van der Waals surface area contributed by atoms with E-state index in [9.17, 15) is 9.18 Å². The van der Waals surface area contributed by atoms with Crippen LogP contribution < -0.4 is 10.2 Å². The molecule has 0 aromatic heterocycles. The normalized spacial score (nSPS) is 10.7. The lowest BCUT2D eigenvalue weighted by Crippen LogP contribution is -2.24. The molecule has 0 fully saturated rings. The fourth-order valence-corrected chi connectivity index (χ4v) is 2.05. The van der Waals surface area contributed by atoms with Crippen molar-refractivity contribution in [1.29, 1.82) is 0 Å². The Labute approximate surface area is 136 Å². The lowest BCUT2D eigenvalue weighted by atomic mass is 10.2. The predicted molar refractivity (Wildman–Crippen MR) is 86.5 cm³/mol. The SMILES string of the molecule is Cc1cccc(OCC(=O)N/N=C/c2ccc(F)c(Br)c2)c1. The summed E-state index contributed by atoms with van der Waals surface area (Å²) in [6.07, 6.45) is 1.43. The van der Waals surface area contributed by atoms with E-state index in [1.165, 1.54) is 12.3 Å². The van der Waals surface area contributed by atoms with Gasteiger partial charge in [0.2, 0.25) is 0 Å². The maximum atomic E-state index is 13.1. The highest BCUT2D eigenvalue weighted by molar-refractivity contribution is 9.10. The quantitative estimate of drug-likeness (QED) is 0.652. The Kier molecular flexibility index (Phi) is 5.66. The molecular weight excluding hydrogens is 351 g/mol. The zero-order valence-corrected chi connectivity index (χ0v) is 13.4. The summed E-state index contributed by atoms with van der Waals surface area (Å²) >= 11 is 3.08. The Morgan fingerprint density at radius 2 is 2.18 bits per heavy atom. The third-order valence-corrected chi connectivity index (χ3v) is 3.31. The summed E-state index contributed by atoms with van der Waals surface area (Å²) < 4.78 is 18.7. The molecule has 2 aromatic carbocycles. The molecule has 0 aliphatic heterocycles. The topological polar surface area (TPSA) is 50.7 Å². The lowest BCUT2D eigenvalue weighted by Gasteiger charge is -2.05. The van der Waals surface area contributed by atoms with Crippen molar-refractivity contribution in [2.24, 2.45) is 5.10 Å². The number of ether oxygens (including phenoxy) is 1. The van der Waals surface area contributed by atoms with Crippen molar-refractivity contribution >= 4 is 28.1 Å². The minimum atomic E-state index is -0.376. The Bertz CT molecular complexity index is 704.